The number of ether oxygens (including phenoxy) is 1. The molecule has 1 aromatic rings. The first-order chi connectivity index (χ1) is 7.76. The van der Waals surface area contributed by atoms with Crippen molar-refractivity contribution in [2.24, 2.45) is 5.73 Å². The minimum atomic E-state index is 0.371. The first-order valence-electron chi connectivity index (χ1n) is 5.59. The van der Waals surface area contributed by atoms with Crippen molar-refractivity contribution in [1.82, 2.24) is 10.3 Å². The summed E-state index contributed by atoms with van der Waals surface area (Å²) < 4.78 is 5.17. The van der Waals surface area contributed by atoms with Crippen LogP contribution in [0, 0.1) is 6.92 Å². The molecule has 1 heterocycles. The molecule has 0 bridgehead atoms. The monoisotopic (exact) mass is 243 g/mol. The summed E-state index contributed by atoms with van der Waals surface area (Å²) in [6, 6.07) is 0.371. The lowest BCUT2D eigenvalue weighted by Crippen LogP contribution is -2.33. The Balaban J connectivity index is 2.30. The Morgan fingerprint density at radius 2 is 2.44 bits per heavy atom. The maximum atomic E-state index is 5.50. The van der Waals surface area contributed by atoms with Crippen LogP contribution in [0.2, 0.25) is 0 Å². The number of nitrogens with two attached hydrogens (primary N) is 1. The molecule has 5 heteroatoms. The van der Waals surface area contributed by atoms with Gasteiger partial charge >= 0.3 is 0 Å². The van der Waals surface area contributed by atoms with Gasteiger partial charge in [0.2, 0.25) is 0 Å². The normalized spacial score (nSPS) is 12.9. The summed E-state index contributed by atoms with van der Waals surface area (Å²) in [6.45, 7) is 4.29. The Bertz CT molecular complexity index is 291. The Morgan fingerprint density at radius 1 is 1.62 bits per heavy atom. The van der Waals surface area contributed by atoms with E-state index in [1.807, 2.05) is 6.92 Å². The van der Waals surface area contributed by atoms with E-state index in [0.29, 0.717) is 6.04 Å². The fourth-order valence-electron chi connectivity index (χ4n) is 1.55. The molecule has 1 rings (SSSR count). The van der Waals surface area contributed by atoms with E-state index >= 15 is 0 Å². The predicted octanol–water partition coefficient (Wildman–Crippen LogP) is 1.30. The van der Waals surface area contributed by atoms with Gasteiger partial charge in [0.1, 0.15) is 0 Å². The first kappa shape index (κ1) is 13.6. The van der Waals surface area contributed by atoms with Gasteiger partial charge in [0.05, 0.1) is 17.3 Å². The molecule has 0 amide bonds. The number of rotatable bonds is 8. The summed E-state index contributed by atoms with van der Waals surface area (Å²) in [6.07, 6.45) is 2.07. The molecule has 92 valence electrons. The van der Waals surface area contributed by atoms with Crippen LogP contribution in [0.5, 0.6) is 0 Å². The fourth-order valence-corrected chi connectivity index (χ4v) is 2.16. The zero-order valence-corrected chi connectivity index (χ0v) is 10.8. The molecule has 0 saturated heterocycles. The number of aryl methyl sites for hydroxylation is 1. The van der Waals surface area contributed by atoms with Crippen molar-refractivity contribution in [1.29, 1.82) is 0 Å². The van der Waals surface area contributed by atoms with Crippen LogP contribution in [0.3, 0.4) is 0 Å². The van der Waals surface area contributed by atoms with Gasteiger partial charge in [0.15, 0.2) is 0 Å². The number of thiazole rings is 1. The Hall–Kier alpha value is -0.490. The number of methoxy groups -OCH3 is 1. The predicted molar refractivity (Wildman–Crippen MR) is 67.6 cm³/mol. The van der Waals surface area contributed by atoms with Crippen molar-refractivity contribution in [3.05, 3.63) is 16.1 Å². The third-order valence-corrected chi connectivity index (χ3v) is 3.19. The summed E-state index contributed by atoms with van der Waals surface area (Å²) in [7, 11) is 1.73. The highest BCUT2D eigenvalue weighted by Crippen LogP contribution is 2.08. The van der Waals surface area contributed by atoms with Crippen molar-refractivity contribution in [3.63, 3.8) is 0 Å². The second-order valence-electron chi connectivity index (χ2n) is 3.82. The summed E-state index contributed by atoms with van der Waals surface area (Å²) >= 11 is 1.68. The average Bonchev–Trinajstić information content (AvgIpc) is 2.68. The topological polar surface area (TPSA) is 60.2 Å². The van der Waals surface area contributed by atoms with Crippen LogP contribution in [-0.2, 0) is 11.3 Å². The van der Waals surface area contributed by atoms with E-state index in [-0.39, 0.29) is 0 Å². The van der Waals surface area contributed by atoms with Gasteiger partial charge < -0.3 is 15.8 Å². The molecule has 16 heavy (non-hydrogen) atoms. The van der Waals surface area contributed by atoms with Crippen molar-refractivity contribution >= 4 is 11.3 Å². The highest BCUT2D eigenvalue weighted by atomic mass is 32.1. The second-order valence-corrected chi connectivity index (χ2v) is 4.88. The molecule has 1 unspecified atom stereocenters. The Morgan fingerprint density at radius 3 is 3.00 bits per heavy atom. The van der Waals surface area contributed by atoms with Gasteiger partial charge in [-0.15, -0.1) is 11.3 Å². The van der Waals surface area contributed by atoms with E-state index in [4.69, 9.17) is 10.5 Å². The van der Waals surface area contributed by atoms with Crippen molar-refractivity contribution in [2.75, 3.05) is 20.3 Å². The van der Waals surface area contributed by atoms with Crippen LogP contribution >= 0.6 is 11.3 Å². The van der Waals surface area contributed by atoms with Crippen LogP contribution in [0.15, 0.2) is 5.38 Å². The Kier molecular flexibility index (Phi) is 6.56. The third-order valence-electron chi connectivity index (χ3n) is 2.36. The third kappa shape index (κ3) is 5.03. The highest BCUT2D eigenvalue weighted by Gasteiger charge is 2.08. The molecule has 0 radical (unpaired) electrons. The molecule has 4 nitrogen and oxygen atoms in total. The first-order valence-corrected chi connectivity index (χ1v) is 6.47. The molecule has 0 fully saturated rings. The molecule has 0 aliphatic carbocycles. The molecule has 0 aliphatic heterocycles. The zero-order chi connectivity index (χ0) is 11.8. The van der Waals surface area contributed by atoms with Gasteiger partial charge in [-0.1, -0.05) is 0 Å². The van der Waals surface area contributed by atoms with E-state index in [0.717, 1.165) is 43.2 Å². The summed E-state index contributed by atoms with van der Waals surface area (Å²) in [5.74, 6) is 0. The lowest BCUT2D eigenvalue weighted by atomic mass is 10.1. The molecule has 1 atom stereocenters. The van der Waals surface area contributed by atoms with Gasteiger partial charge in [0, 0.05) is 25.1 Å². The number of aromatic nitrogens is 1. The SMILES string of the molecule is COCC(CCCN)NCc1csc(C)n1. The van der Waals surface area contributed by atoms with E-state index < -0.39 is 0 Å². The maximum absolute atomic E-state index is 5.50. The largest absolute Gasteiger partial charge is 0.383 e. The van der Waals surface area contributed by atoms with Crippen LogP contribution in [0.4, 0.5) is 0 Å². The van der Waals surface area contributed by atoms with Crippen molar-refractivity contribution in [2.45, 2.75) is 32.4 Å². The lowest BCUT2D eigenvalue weighted by Gasteiger charge is -2.16. The van der Waals surface area contributed by atoms with Crippen LogP contribution < -0.4 is 11.1 Å². The highest BCUT2D eigenvalue weighted by molar-refractivity contribution is 7.09. The lowest BCUT2D eigenvalue weighted by molar-refractivity contribution is 0.161. The minimum Gasteiger partial charge on any atom is -0.383 e. The van der Waals surface area contributed by atoms with Gasteiger partial charge in [0.25, 0.3) is 0 Å². The van der Waals surface area contributed by atoms with Gasteiger partial charge in [-0.3, -0.25) is 0 Å². The molecule has 1 aromatic heterocycles. The molecule has 0 spiro atoms. The maximum Gasteiger partial charge on any atom is 0.0897 e. The minimum absolute atomic E-state index is 0.371. The Labute approximate surface area is 101 Å². The van der Waals surface area contributed by atoms with Gasteiger partial charge in [-0.05, 0) is 26.3 Å². The van der Waals surface area contributed by atoms with E-state index in [1.165, 1.54) is 0 Å². The average molecular weight is 243 g/mol. The number of nitrogens with zero attached hydrogens (tertiary/aromatic N) is 1. The summed E-state index contributed by atoms with van der Waals surface area (Å²) in [5.41, 5.74) is 6.61. The molecule has 3 N–H and O–H groups in total. The fraction of sp³-hybridized carbons (Fsp3) is 0.727. The standard InChI is InChI=1S/C11H21N3OS/c1-9-14-11(8-16-9)6-13-10(7-15-2)4-3-5-12/h8,10,13H,3-7,12H2,1-2H3. The smallest absolute Gasteiger partial charge is 0.0897 e. The van der Waals surface area contributed by atoms with Gasteiger partial charge in [-0.2, -0.15) is 0 Å². The van der Waals surface area contributed by atoms with Crippen LogP contribution in [0.1, 0.15) is 23.5 Å². The van der Waals surface area contributed by atoms with E-state index in [9.17, 15) is 0 Å². The summed E-state index contributed by atoms with van der Waals surface area (Å²) in [5, 5.41) is 6.65. The van der Waals surface area contributed by atoms with Gasteiger partial charge in [-0.25, -0.2) is 4.98 Å². The molecule has 0 aromatic carbocycles. The molecule has 0 saturated carbocycles. The number of hydrogen-bond acceptors (Lipinski definition) is 5. The van der Waals surface area contributed by atoms with E-state index in [2.05, 4.69) is 15.7 Å². The van der Waals surface area contributed by atoms with Crippen LogP contribution in [-0.4, -0.2) is 31.3 Å². The van der Waals surface area contributed by atoms with E-state index in [1.54, 1.807) is 18.4 Å². The number of hydrogen-bond donors (Lipinski definition) is 2. The zero-order valence-electron chi connectivity index (χ0n) is 10.0. The molecular weight excluding hydrogens is 222 g/mol. The second kappa shape index (κ2) is 7.73. The molecule has 0 aliphatic rings. The summed E-state index contributed by atoms with van der Waals surface area (Å²) in [4.78, 5) is 4.41. The number of nitrogens with one attached hydrogen (secondary N) is 1. The quantitative estimate of drug-likeness (QED) is 0.722. The van der Waals surface area contributed by atoms with Crippen LogP contribution in [0.25, 0.3) is 0 Å². The van der Waals surface area contributed by atoms with Crippen molar-refractivity contribution in [3.8, 4) is 0 Å². The molecular formula is C11H21N3OS. The van der Waals surface area contributed by atoms with Crippen molar-refractivity contribution < 1.29 is 4.74 Å².